The average Bonchev–Trinajstić information content (AvgIpc) is 3.02. The molecule has 0 radical (unpaired) electrons. The van der Waals surface area contributed by atoms with Gasteiger partial charge in [0.25, 0.3) is 10.0 Å². The molecule has 4 heterocycles. The molecule has 124 valence electrons. The molecule has 0 saturated carbocycles. The molecular weight excluding hydrogens is 324 g/mol. The second-order valence-electron chi connectivity index (χ2n) is 6.44. The highest BCUT2D eigenvalue weighted by molar-refractivity contribution is 7.89. The Bertz CT molecular complexity index is 622. The van der Waals surface area contributed by atoms with Crippen molar-refractivity contribution in [3.05, 3.63) is 12.0 Å². The molecule has 2 fully saturated rings. The number of hydrogen-bond acceptors (Lipinski definition) is 4. The maximum absolute atomic E-state index is 12.9. The molecule has 2 unspecified atom stereocenters. The molecule has 2 bridgehead atoms. The van der Waals surface area contributed by atoms with Crippen molar-refractivity contribution in [3.63, 3.8) is 0 Å². The van der Waals surface area contributed by atoms with Gasteiger partial charge in [-0.05, 0) is 32.1 Å². The monoisotopic (exact) mass is 346 g/mol. The van der Waals surface area contributed by atoms with Crippen LogP contribution in [0.3, 0.4) is 0 Å². The fourth-order valence-electron chi connectivity index (χ4n) is 3.77. The lowest BCUT2D eigenvalue weighted by atomic mass is 10.1. The lowest BCUT2D eigenvalue weighted by Crippen LogP contribution is -2.39. The summed E-state index contributed by atoms with van der Waals surface area (Å²) in [7, 11) is -3.44. The van der Waals surface area contributed by atoms with Crippen molar-refractivity contribution in [3.8, 4) is 0 Å². The van der Waals surface area contributed by atoms with E-state index in [-0.39, 0.29) is 17.4 Å². The van der Waals surface area contributed by atoms with Crippen molar-refractivity contribution < 1.29 is 8.42 Å². The number of nitrogens with one attached hydrogen (secondary N) is 1. The van der Waals surface area contributed by atoms with Crippen LogP contribution in [-0.4, -0.2) is 47.4 Å². The minimum Gasteiger partial charge on any atom is -0.333 e. The molecule has 0 spiro atoms. The Labute approximate surface area is 137 Å². The Hall–Kier alpha value is -0.630. The van der Waals surface area contributed by atoms with Gasteiger partial charge in [0.1, 0.15) is 5.82 Å². The van der Waals surface area contributed by atoms with E-state index < -0.39 is 10.0 Å². The molecule has 22 heavy (non-hydrogen) atoms. The van der Waals surface area contributed by atoms with Gasteiger partial charge in [-0.1, -0.05) is 0 Å². The third-order valence-electron chi connectivity index (χ3n) is 4.98. The summed E-state index contributed by atoms with van der Waals surface area (Å²) >= 11 is 0. The van der Waals surface area contributed by atoms with Crippen LogP contribution >= 0.6 is 12.4 Å². The highest BCUT2D eigenvalue weighted by Crippen LogP contribution is 2.25. The molecule has 0 aliphatic carbocycles. The molecule has 0 aromatic carbocycles. The molecule has 8 heteroatoms. The van der Waals surface area contributed by atoms with Gasteiger partial charge >= 0.3 is 0 Å². The molecule has 0 amide bonds. The van der Waals surface area contributed by atoms with Gasteiger partial charge in [-0.25, -0.2) is 13.4 Å². The number of rotatable bonds is 2. The summed E-state index contributed by atoms with van der Waals surface area (Å²) in [6.45, 7) is 2.09. The summed E-state index contributed by atoms with van der Waals surface area (Å²) in [5.41, 5.74) is 0. The molecule has 2 saturated heterocycles. The first-order chi connectivity index (χ1) is 10.1. The Morgan fingerprint density at radius 2 is 1.95 bits per heavy atom. The second kappa shape index (κ2) is 6.11. The Morgan fingerprint density at radius 1 is 1.14 bits per heavy atom. The third-order valence-corrected chi connectivity index (χ3v) is 6.71. The molecule has 6 nitrogen and oxygen atoms in total. The number of fused-ring (bicyclic) bond motifs is 3. The Morgan fingerprint density at radius 3 is 2.77 bits per heavy atom. The summed E-state index contributed by atoms with van der Waals surface area (Å²) in [4.78, 5) is 4.40. The largest absolute Gasteiger partial charge is 0.333 e. The van der Waals surface area contributed by atoms with Crippen LogP contribution in [0.15, 0.2) is 11.2 Å². The van der Waals surface area contributed by atoms with E-state index in [0.717, 1.165) is 44.5 Å². The molecule has 4 rings (SSSR count). The van der Waals surface area contributed by atoms with Gasteiger partial charge in [-0.3, -0.25) is 0 Å². The maximum atomic E-state index is 12.9. The molecule has 1 N–H and O–H groups in total. The van der Waals surface area contributed by atoms with E-state index >= 15 is 0 Å². The van der Waals surface area contributed by atoms with Crippen LogP contribution in [0.2, 0.25) is 0 Å². The molecule has 2 atom stereocenters. The predicted octanol–water partition coefficient (Wildman–Crippen LogP) is 1.16. The van der Waals surface area contributed by atoms with Crippen molar-refractivity contribution in [2.45, 2.75) is 62.2 Å². The number of aromatic nitrogens is 2. The van der Waals surface area contributed by atoms with E-state index in [0.29, 0.717) is 25.2 Å². The lowest BCUT2D eigenvalue weighted by Gasteiger charge is -2.22. The number of sulfonamides is 1. The summed E-state index contributed by atoms with van der Waals surface area (Å²) in [6.07, 6.45) is 8.01. The van der Waals surface area contributed by atoms with Gasteiger partial charge < -0.3 is 9.88 Å². The number of aryl methyl sites for hydroxylation is 2. The van der Waals surface area contributed by atoms with Gasteiger partial charge in [-0.15, -0.1) is 12.4 Å². The summed E-state index contributed by atoms with van der Waals surface area (Å²) in [5, 5.41) is 3.77. The Balaban J connectivity index is 0.00000144. The lowest BCUT2D eigenvalue weighted by molar-refractivity contribution is 0.382. The molecule has 1 aromatic rings. The van der Waals surface area contributed by atoms with E-state index in [1.807, 2.05) is 4.57 Å². The van der Waals surface area contributed by atoms with Crippen molar-refractivity contribution in [1.82, 2.24) is 19.2 Å². The van der Waals surface area contributed by atoms with Crippen molar-refractivity contribution in [2.75, 3.05) is 13.1 Å². The van der Waals surface area contributed by atoms with E-state index in [1.165, 1.54) is 6.42 Å². The van der Waals surface area contributed by atoms with Crippen molar-refractivity contribution >= 4 is 22.4 Å². The third kappa shape index (κ3) is 2.79. The van der Waals surface area contributed by atoms with Crippen LogP contribution in [0.25, 0.3) is 0 Å². The topological polar surface area (TPSA) is 67.2 Å². The molecule has 3 aliphatic rings. The predicted molar refractivity (Wildman–Crippen MR) is 85.7 cm³/mol. The number of halogens is 1. The standard InChI is InChI=1S/C14H22N4O2S.ClH/c19-21(20,14-10-17-7-2-1-3-13(17)16-14)18-8-6-11-4-5-12(9-18)15-11;/h10-12,15H,1-9H2;1H. The quantitative estimate of drug-likeness (QED) is 0.872. The van der Waals surface area contributed by atoms with Crippen LogP contribution in [-0.2, 0) is 23.0 Å². The zero-order chi connectivity index (χ0) is 14.4. The SMILES string of the molecule is Cl.O=S(=O)(c1cn2c(n1)CCCC2)N1CCC2CCC(C1)N2. The minimum absolute atomic E-state index is 0. The van der Waals surface area contributed by atoms with E-state index in [4.69, 9.17) is 0 Å². The van der Waals surface area contributed by atoms with E-state index in [9.17, 15) is 8.42 Å². The average molecular weight is 347 g/mol. The van der Waals surface area contributed by atoms with Gasteiger partial charge in [0.2, 0.25) is 0 Å². The zero-order valence-corrected chi connectivity index (χ0v) is 14.2. The summed E-state index contributed by atoms with van der Waals surface area (Å²) in [5.74, 6) is 0.925. The molecule has 3 aliphatic heterocycles. The molecular formula is C14H23ClN4O2S. The second-order valence-corrected chi connectivity index (χ2v) is 8.32. The normalized spacial score (nSPS) is 28.7. The first kappa shape index (κ1) is 16.2. The van der Waals surface area contributed by atoms with Gasteiger partial charge in [0.15, 0.2) is 5.03 Å². The fourth-order valence-corrected chi connectivity index (χ4v) is 5.24. The highest BCUT2D eigenvalue weighted by atomic mass is 35.5. The van der Waals surface area contributed by atoms with Gasteiger partial charge in [-0.2, -0.15) is 4.31 Å². The molecule has 1 aromatic heterocycles. The zero-order valence-electron chi connectivity index (χ0n) is 12.6. The van der Waals surface area contributed by atoms with Crippen LogP contribution in [0.4, 0.5) is 0 Å². The first-order valence-corrected chi connectivity index (χ1v) is 9.39. The first-order valence-electron chi connectivity index (χ1n) is 7.95. The van der Waals surface area contributed by atoms with Crippen LogP contribution in [0, 0.1) is 0 Å². The van der Waals surface area contributed by atoms with Crippen molar-refractivity contribution in [2.24, 2.45) is 0 Å². The van der Waals surface area contributed by atoms with Crippen molar-refractivity contribution in [1.29, 1.82) is 0 Å². The number of imidazole rings is 1. The smallest absolute Gasteiger partial charge is 0.262 e. The van der Waals surface area contributed by atoms with Gasteiger partial charge in [0.05, 0.1) is 0 Å². The Kier molecular flexibility index (Phi) is 4.51. The maximum Gasteiger partial charge on any atom is 0.262 e. The fraction of sp³-hybridized carbons (Fsp3) is 0.786. The number of nitrogens with zero attached hydrogens (tertiary/aromatic N) is 3. The van der Waals surface area contributed by atoms with E-state index in [1.54, 1.807) is 10.5 Å². The van der Waals surface area contributed by atoms with Crippen LogP contribution in [0.5, 0.6) is 0 Å². The highest BCUT2D eigenvalue weighted by Gasteiger charge is 2.36. The summed E-state index contributed by atoms with van der Waals surface area (Å²) < 4.78 is 29.4. The summed E-state index contributed by atoms with van der Waals surface area (Å²) in [6, 6.07) is 0.801. The number of hydrogen-bond donors (Lipinski definition) is 1. The van der Waals surface area contributed by atoms with Crippen LogP contribution in [0.1, 0.15) is 37.9 Å². The van der Waals surface area contributed by atoms with Crippen LogP contribution < -0.4 is 5.32 Å². The minimum atomic E-state index is -3.44. The van der Waals surface area contributed by atoms with Gasteiger partial charge in [0, 0.05) is 44.3 Å². The van der Waals surface area contributed by atoms with E-state index in [2.05, 4.69) is 10.3 Å².